The lowest BCUT2D eigenvalue weighted by Gasteiger charge is -2.02. The summed E-state index contributed by atoms with van der Waals surface area (Å²) in [5.74, 6) is 0. The van der Waals surface area contributed by atoms with Gasteiger partial charge in [0.2, 0.25) is 0 Å². The van der Waals surface area contributed by atoms with Gasteiger partial charge < -0.3 is 0 Å². The van der Waals surface area contributed by atoms with E-state index in [1.807, 2.05) is 16.8 Å². The van der Waals surface area contributed by atoms with Crippen molar-refractivity contribution < 1.29 is 8.42 Å². The Bertz CT molecular complexity index is 634. The largest absolute Gasteiger partial charge is 0.276 e. The molecule has 7 heteroatoms. The van der Waals surface area contributed by atoms with Crippen LogP contribution < -0.4 is 4.83 Å². The first kappa shape index (κ1) is 13.3. The van der Waals surface area contributed by atoms with Crippen LogP contribution in [-0.2, 0) is 10.0 Å². The van der Waals surface area contributed by atoms with Gasteiger partial charge in [-0.3, -0.25) is 0 Å². The molecule has 0 spiro atoms. The topological polar surface area (TPSA) is 58.5 Å². The molecule has 18 heavy (non-hydrogen) atoms. The first-order valence-electron chi connectivity index (χ1n) is 4.90. The van der Waals surface area contributed by atoms with Crippen LogP contribution in [0.5, 0.6) is 0 Å². The molecule has 0 aliphatic heterocycles. The Kier molecular flexibility index (Phi) is 4.15. The molecule has 2 rings (SSSR count). The highest BCUT2D eigenvalue weighted by atomic mass is 79.9. The van der Waals surface area contributed by atoms with E-state index in [0.717, 1.165) is 10.0 Å². The number of nitrogens with one attached hydrogen (secondary N) is 1. The van der Waals surface area contributed by atoms with Crippen molar-refractivity contribution in [2.75, 3.05) is 0 Å². The van der Waals surface area contributed by atoms with Crippen LogP contribution in [0, 0.1) is 0 Å². The first-order chi connectivity index (χ1) is 8.58. The standard InChI is InChI=1S/C11H9BrN2O2S2/c12-10-1-3-11(4-2-10)18(15,16)14-13-7-9-5-6-17-8-9/h1-8,14H/b13-7-. The van der Waals surface area contributed by atoms with Crippen LogP contribution in [0.4, 0.5) is 0 Å². The molecule has 1 heterocycles. The van der Waals surface area contributed by atoms with Crippen molar-refractivity contribution in [3.8, 4) is 0 Å². The van der Waals surface area contributed by atoms with Gasteiger partial charge in [-0.2, -0.15) is 24.9 Å². The van der Waals surface area contributed by atoms with E-state index in [1.165, 1.54) is 29.7 Å². The minimum Gasteiger partial charge on any atom is -0.200 e. The molecular weight excluding hydrogens is 336 g/mol. The monoisotopic (exact) mass is 344 g/mol. The van der Waals surface area contributed by atoms with E-state index in [2.05, 4.69) is 25.9 Å². The van der Waals surface area contributed by atoms with Crippen LogP contribution in [0.3, 0.4) is 0 Å². The minimum absolute atomic E-state index is 0.174. The van der Waals surface area contributed by atoms with Crippen molar-refractivity contribution in [3.63, 3.8) is 0 Å². The Balaban J connectivity index is 2.10. The number of hydrogen-bond donors (Lipinski definition) is 1. The van der Waals surface area contributed by atoms with Crippen molar-refractivity contribution in [1.29, 1.82) is 0 Å². The number of hydrazone groups is 1. The van der Waals surface area contributed by atoms with Gasteiger partial charge in [0.1, 0.15) is 0 Å². The van der Waals surface area contributed by atoms with Gasteiger partial charge in [-0.25, -0.2) is 4.83 Å². The van der Waals surface area contributed by atoms with Gasteiger partial charge in [-0.05, 0) is 41.1 Å². The summed E-state index contributed by atoms with van der Waals surface area (Å²) in [6.07, 6.45) is 1.47. The molecule has 0 saturated heterocycles. The molecule has 0 fully saturated rings. The Morgan fingerprint density at radius 3 is 2.56 bits per heavy atom. The maximum absolute atomic E-state index is 11.8. The summed E-state index contributed by atoms with van der Waals surface area (Å²) in [5, 5.41) is 7.48. The highest BCUT2D eigenvalue weighted by molar-refractivity contribution is 9.10. The average Bonchev–Trinajstić information content (AvgIpc) is 2.82. The van der Waals surface area contributed by atoms with E-state index in [-0.39, 0.29) is 4.90 Å². The van der Waals surface area contributed by atoms with Gasteiger partial charge in [0.25, 0.3) is 10.0 Å². The molecule has 1 aromatic heterocycles. The maximum atomic E-state index is 11.8. The molecule has 94 valence electrons. The quantitative estimate of drug-likeness (QED) is 0.684. The number of nitrogens with zero attached hydrogens (tertiary/aromatic N) is 1. The Labute approximate surface area is 118 Å². The van der Waals surface area contributed by atoms with E-state index in [4.69, 9.17) is 0 Å². The van der Waals surface area contributed by atoms with Gasteiger partial charge in [-0.1, -0.05) is 15.9 Å². The molecule has 0 radical (unpaired) electrons. The SMILES string of the molecule is O=S(=O)(N/N=C\c1ccsc1)c1ccc(Br)cc1. The predicted octanol–water partition coefficient (Wildman–Crippen LogP) is 2.82. The zero-order valence-electron chi connectivity index (χ0n) is 9.08. The second-order valence-electron chi connectivity index (χ2n) is 3.36. The van der Waals surface area contributed by atoms with Crippen molar-refractivity contribution in [3.05, 3.63) is 51.1 Å². The Morgan fingerprint density at radius 2 is 1.94 bits per heavy atom. The lowest BCUT2D eigenvalue weighted by molar-refractivity contribution is 0.584. The number of sulfonamides is 1. The lowest BCUT2D eigenvalue weighted by Crippen LogP contribution is -2.18. The van der Waals surface area contributed by atoms with E-state index in [9.17, 15) is 8.42 Å². The highest BCUT2D eigenvalue weighted by Crippen LogP contribution is 2.14. The van der Waals surface area contributed by atoms with Crippen LogP contribution in [-0.4, -0.2) is 14.6 Å². The van der Waals surface area contributed by atoms with Gasteiger partial charge in [0.15, 0.2) is 0 Å². The molecule has 0 bridgehead atoms. The van der Waals surface area contributed by atoms with E-state index in [1.54, 1.807) is 12.1 Å². The zero-order chi connectivity index (χ0) is 13.0. The highest BCUT2D eigenvalue weighted by Gasteiger charge is 2.11. The van der Waals surface area contributed by atoms with Crippen molar-refractivity contribution in [2.45, 2.75) is 4.90 Å². The van der Waals surface area contributed by atoms with Crippen molar-refractivity contribution in [1.82, 2.24) is 4.83 Å². The van der Waals surface area contributed by atoms with E-state index < -0.39 is 10.0 Å². The number of halogens is 1. The maximum Gasteiger partial charge on any atom is 0.276 e. The van der Waals surface area contributed by atoms with Gasteiger partial charge in [0, 0.05) is 10.0 Å². The third-order valence-corrected chi connectivity index (χ3v) is 4.52. The van der Waals surface area contributed by atoms with E-state index in [0.29, 0.717) is 0 Å². The van der Waals surface area contributed by atoms with Crippen molar-refractivity contribution in [2.24, 2.45) is 5.10 Å². The van der Waals surface area contributed by atoms with Crippen LogP contribution in [0.2, 0.25) is 0 Å². The second kappa shape index (κ2) is 5.64. The predicted molar refractivity (Wildman–Crippen MR) is 76.4 cm³/mol. The fourth-order valence-electron chi connectivity index (χ4n) is 1.19. The number of thiophene rings is 1. The Hall–Kier alpha value is -1.18. The smallest absolute Gasteiger partial charge is 0.200 e. The van der Waals surface area contributed by atoms with E-state index >= 15 is 0 Å². The minimum atomic E-state index is -3.60. The zero-order valence-corrected chi connectivity index (χ0v) is 12.3. The normalized spacial score (nSPS) is 11.8. The fourth-order valence-corrected chi connectivity index (χ4v) is 2.85. The summed E-state index contributed by atoms with van der Waals surface area (Å²) in [5.41, 5.74) is 0.860. The first-order valence-corrected chi connectivity index (χ1v) is 8.12. The molecule has 0 atom stereocenters. The number of rotatable bonds is 4. The third kappa shape index (κ3) is 3.41. The molecule has 2 aromatic rings. The summed E-state index contributed by atoms with van der Waals surface area (Å²) >= 11 is 4.77. The third-order valence-electron chi connectivity index (χ3n) is 2.05. The molecule has 1 aromatic carbocycles. The average molecular weight is 345 g/mol. The Morgan fingerprint density at radius 1 is 1.22 bits per heavy atom. The lowest BCUT2D eigenvalue weighted by atomic mass is 10.4. The molecule has 0 saturated carbocycles. The summed E-state index contributed by atoms with van der Waals surface area (Å²) in [4.78, 5) is 2.34. The molecule has 1 N–H and O–H groups in total. The van der Waals surface area contributed by atoms with Crippen LogP contribution in [0.1, 0.15) is 5.56 Å². The van der Waals surface area contributed by atoms with Crippen LogP contribution in [0.15, 0.2) is 55.6 Å². The molecular formula is C11H9BrN2O2S2. The summed E-state index contributed by atoms with van der Waals surface area (Å²) in [6, 6.07) is 8.19. The molecule has 0 unspecified atom stereocenters. The number of benzene rings is 1. The fraction of sp³-hybridized carbons (Fsp3) is 0. The molecule has 0 aliphatic rings. The van der Waals surface area contributed by atoms with Gasteiger partial charge >= 0.3 is 0 Å². The van der Waals surface area contributed by atoms with Crippen molar-refractivity contribution >= 4 is 43.5 Å². The van der Waals surface area contributed by atoms with Crippen LogP contribution >= 0.6 is 27.3 Å². The molecule has 4 nitrogen and oxygen atoms in total. The van der Waals surface area contributed by atoms with Gasteiger partial charge in [-0.15, -0.1) is 0 Å². The molecule has 0 aliphatic carbocycles. The molecule has 0 amide bonds. The second-order valence-corrected chi connectivity index (χ2v) is 6.72. The summed E-state index contributed by atoms with van der Waals surface area (Å²) < 4.78 is 24.5. The van der Waals surface area contributed by atoms with Crippen LogP contribution in [0.25, 0.3) is 0 Å². The summed E-state index contributed by atoms with van der Waals surface area (Å²) in [6.45, 7) is 0. The summed E-state index contributed by atoms with van der Waals surface area (Å²) in [7, 11) is -3.60. The number of hydrogen-bond acceptors (Lipinski definition) is 4. The van der Waals surface area contributed by atoms with Gasteiger partial charge in [0.05, 0.1) is 11.1 Å².